The fourth-order valence-corrected chi connectivity index (χ4v) is 3.08. The summed E-state index contributed by atoms with van der Waals surface area (Å²) in [6.07, 6.45) is 1.39. The van der Waals surface area contributed by atoms with E-state index in [0.717, 1.165) is 11.9 Å². The topological polar surface area (TPSA) is 86.3 Å². The van der Waals surface area contributed by atoms with Gasteiger partial charge in [0.25, 0.3) is 0 Å². The van der Waals surface area contributed by atoms with Crippen LogP contribution in [0.2, 0.25) is 0 Å². The number of anilines is 2. The number of halogens is 3. The lowest BCUT2D eigenvalue weighted by Gasteiger charge is -2.22. The quantitative estimate of drug-likeness (QED) is 0.698. The number of aromatic nitrogens is 7. The molecule has 154 valence electrons. The van der Waals surface area contributed by atoms with E-state index in [1.54, 1.807) is 29.5 Å². The molecule has 0 amide bonds. The first-order valence-corrected chi connectivity index (χ1v) is 9.20. The smallest absolute Gasteiger partial charge is 0.321 e. The number of nitrogens with one attached hydrogen (secondary N) is 1. The Labute approximate surface area is 165 Å². The van der Waals surface area contributed by atoms with Gasteiger partial charge in [0.1, 0.15) is 11.2 Å². The molecule has 0 atom stereocenters. The van der Waals surface area contributed by atoms with E-state index < -0.39 is 17.3 Å². The van der Waals surface area contributed by atoms with Crippen molar-refractivity contribution < 1.29 is 13.2 Å². The van der Waals surface area contributed by atoms with Gasteiger partial charge in [0.2, 0.25) is 5.95 Å². The Bertz CT molecular complexity index is 1050. The van der Waals surface area contributed by atoms with E-state index in [1.165, 1.54) is 0 Å². The average molecular weight is 406 g/mol. The Morgan fingerprint density at radius 2 is 1.90 bits per heavy atom. The molecule has 29 heavy (non-hydrogen) atoms. The van der Waals surface area contributed by atoms with Gasteiger partial charge < -0.3 is 5.32 Å². The summed E-state index contributed by atoms with van der Waals surface area (Å²) in [4.78, 5) is 8.05. The van der Waals surface area contributed by atoms with Gasteiger partial charge >= 0.3 is 6.18 Å². The van der Waals surface area contributed by atoms with Crippen molar-refractivity contribution in [1.82, 2.24) is 34.7 Å². The summed E-state index contributed by atoms with van der Waals surface area (Å²) in [6, 6.07) is 0. The van der Waals surface area contributed by atoms with E-state index in [4.69, 9.17) is 0 Å². The van der Waals surface area contributed by atoms with Crippen LogP contribution < -0.4 is 5.32 Å². The van der Waals surface area contributed by atoms with Crippen molar-refractivity contribution in [3.63, 3.8) is 0 Å². The van der Waals surface area contributed by atoms with Crippen molar-refractivity contribution in [3.05, 3.63) is 41.2 Å². The third-order valence-electron chi connectivity index (χ3n) is 5.04. The van der Waals surface area contributed by atoms with Crippen LogP contribution in [0.1, 0.15) is 55.3 Å². The molecule has 0 unspecified atom stereocenters. The summed E-state index contributed by atoms with van der Waals surface area (Å²) >= 11 is 0. The van der Waals surface area contributed by atoms with E-state index >= 15 is 0 Å². The first kappa shape index (κ1) is 19.3. The maximum absolute atomic E-state index is 13.2. The Morgan fingerprint density at radius 3 is 2.48 bits per heavy atom. The van der Waals surface area contributed by atoms with Crippen molar-refractivity contribution in [2.75, 3.05) is 5.32 Å². The number of nitrogens with zero attached hydrogens (tertiary/aromatic N) is 7. The highest BCUT2D eigenvalue weighted by Crippen LogP contribution is 2.45. The molecule has 1 N–H and O–H groups in total. The normalized spacial score (nSPS) is 15.0. The van der Waals surface area contributed by atoms with E-state index in [-0.39, 0.29) is 17.6 Å². The van der Waals surface area contributed by atoms with Crippen molar-refractivity contribution in [1.29, 1.82) is 0 Å². The standard InChI is InChI=1S/C18H21F3N8/c1-10-13(8-29(26-10)17(2,3)14-9-28(4)27-25-14)23-16-22-7-12(18(19,20)21)15(24-16)11-5-6-11/h7-9,11H,5-6H2,1-4H3,(H,22,23,24). The minimum absolute atomic E-state index is 0.0555. The maximum Gasteiger partial charge on any atom is 0.419 e. The van der Waals surface area contributed by atoms with Crippen LogP contribution in [0.3, 0.4) is 0 Å². The van der Waals surface area contributed by atoms with Gasteiger partial charge in [-0.2, -0.15) is 18.3 Å². The van der Waals surface area contributed by atoms with Gasteiger partial charge in [0.15, 0.2) is 0 Å². The minimum Gasteiger partial charge on any atom is -0.321 e. The van der Waals surface area contributed by atoms with Crippen LogP contribution in [0.25, 0.3) is 0 Å². The Balaban J connectivity index is 1.63. The van der Waals surface area contributed by atoms with Gasteiger partial charge in [-0.1, -0.05) is 5.21 Å². The molecule has 3 aromatic heterocycles. The van der Waals surface area contributed by atoms with Crippen LogP contribution in [0.15, 0.2) is 18.6 Å². The second kappa shape index (κ2) is 6.53. The van der Waals surface area contributed by atoms with E-state index in [2.05, 4.69) is 30.7 Å². The molecule has 3 heterocycles. The zero-order valence-electron chi connectivity index (χ0n) is 16.5. The molecule has 11 heteroatoms. The van der Waals surface area contributed by atoms with Crippen molar-refractivity contribution in [2.45, 2.75) is 51.2 Å². The first-order chi connectivity index (χ1) is 13.6. The highest BCUT2D eigenvalue weighted by Gasteiger charge is 2.40. The number of aryl methyl sites for hydroxylation is 2. The van der Waals surface area contributed by atoms with Gasteiger partial charge in [-0.15, -0.1) is 5.10 Å². The second-order valence-electron chi connectivity index (χ2n) is 7.80. The summed E-state index contributed by atoms with van der Waals surface area (Å²) in [7, 11) is 1.79. The summed E-state index contributed by atoms with van der Waals surface area (Å²) < 4.78 is 43.0. The molecule has 0 saturated heterocycles. The molecule has 0 radical (unpaired) electrons. The number of hydrogen-bond acceptors (Lipinski definition) is 6. The summed E-state index contributed by atoms with van der Waals surface area (Å²) in [5, 5.41) is 15.7. The average Bonchev–Trinajstić information content (AvgIpc) is 3.29. The lowest BCUT2D eigenvalue weighted by molar-refractivity contribution is -0.138. The fourth-order valence-electron chi connectivity index (χ4n) is 3.08. The predicted molar refractivity (Wildman–Crippen MR) is 98.7 cm³/mol. The maximum atomic E-state index is 13.2. The van der Waals surface area contributed by atoms with Crippen LogP contribution in [0, 0.1) is 6.92 Å². The molecule has 1 aliphatic rings. The van der Waals surface area contributed by atoms with Gasteiger partial charge in [-0.3, -0.25) is 9.36 Å². The second-order valence-corrected chi connectivity index (χ2v) is 7.80. The molecule has 1 fully saturated rings. The highest BCUT2D eigenvalue weighted by molar-refractivity contribution is 5.55. The molecule has 4 rings (SSSR count). The van der Waals surface area contributed by atoms with Crippen molar-refractivity contribution in [2.24, 2.45) is 7.05 Å². The summed E-state index contributed by atoms with van der Waals surface area (Å²) in [5.74, 6) is -0.0329. The van der Waals surface area contributed by atoms with Crippen LogP contribution in [0.5, 0.6) is 0 Å². The molecule has 0 bridgehead atoms. The van der Waals surface area contributed by atoms with Gasteiger partial charge in [-0.25, -0.2) is 9.97 Å². The summed E-state index contributed by atoms with van der Waals surface area (Å²) in [6.45, 7) is 5.71. The van der Waals surface area contributed by atoms with Crippen LogP contribution in [-0.4, -0.2) is 34.7 Å². The monoisotopic (exact) mass is 406 g/mol. The van der Waals surface area contributed by atoms with Crippen LogP contribution >= 0.6 is 0 Å². The third-order valence-corrected chi connectivity index (χ3v) is 5.04. The molecule has 0 aliphatic heterocycles. The van der Waals surface area contributed by atoms with E-state index in [0.29, 0.717) is 24.2 Å². The molecule has 0 aromatic carbocycles. The van der Waals surface area contributed by atoms with E-state index in [1.807, 2.05) is 20.0 Å². The number of alkyl halides is 3. The zero-order chi connectivity index (χ0) is 21.0. The van der Waals surface area contributed by atoms with Crippen molar-refractivity contribution >= 4 is 11.6 Å². The zero-order valence-corrected chi connectivity index (χ0v) is 16.5. The predicted octanol–water partition coefficient (Wildman–Crippen LogP) is 3.53. The lowest BCUT2D eigenvalue weighted by Crippen LogP contribution is -2.28. The Hall–Kier alpha value is -2.98. The SMILES string of the molecule is Cc1nn(C(C)(C)c2cn(C)nn2)cc1Nc1ncc(C(F)(F)F)c(C2CC2)n1. The Kier molecular flexibility index (Phi) is 4.35. The minimum atomic E-state index is -4.46. The highest BCUT2D eigenvalue weighted by atomic mass is 19.4. The fraction of sp³-hybridized carbons (Fsp3) is 0.500. The van der Waals surface area contributed by atoms with Gasteiger partial charge in [-0.05, 0) is 33.6 Å². The number of rotatable bonds is 5. The lowest BCUT2D eigenvalue weighted by atomic mass is 10.0. The molecule has 0 spiro atoms. The van der Waals surface area contributed by atoms with Crippen molar-refractivity contribution in [3.8, 4) is 0 Å². The van der Waals surface area contributed by atoms with Gasteiger partial charge in [0.05, 0.1) is 28.8 Å². The van der Waals surface area contributed by atoms with Gasteiger partial charge in [0, 0.05) is 25.4 Å². The van der Waals surface area contributed by atoms with E-state index in [9.17, 15) is 13.2 Å². The number of hydrogen-bond donors (Lipinski definition) is 1. The van der Waals surface area contributed by atoms with Crippen LogP contribution in [-0.2, 0) is 18.8 Å². The molecule has 8 nitrogen and oxygen atoms in total. The third kappa shape index (κ3) is 3.68. The Morgan fingerprint density at radius 1 is 1.17 bits per heavy atom. The van der Waals surface area contributed by atoms with Crippen LogP contribution in [0.4, 0.5) is 24.8 Å². The largest absolute Gasteiger partial charge is 0.419 e. The molecular formula is C18H21F3N8. The summed E-state index contributed by atoms with van der Waals surface area (Å²) in [5.41, 5.74) is 0.735. The molecule has 1 saturated carbocycles. The molecular weight excluding hydrogens is 385 g/mol. The molecule has 3 aromatic rings. The first-order valence-electron chi connectivity index (χ1n) is 9.20. The molecule has 1 aliphatic carbocycles.